The number of carbonyl (C=O) groups is 1. The Morgan fingerprint density at radius 2 is 1.90 bits per heavy atom. The van der Waals surface area contributed by atoms with Crippen LogP contribution in [0.3, 0.4) is 0 Å². The van der Waals surface area contributed by atoms with E-state index in [0.29, 0.717) is 18.1 Å². The second-order valence-electron chi connectivity index (χ2n) is 5.05. The summed E-state index contributed by atoms with van der Waals surface area (Å²) >= 11 is 0. The Kier molecular flexibility index (Phi) is 9.49. The lowest BCUT2D eigenvalue weighted by molar-refractivity contribution is -0.247. The van der Waals surface area contributed by atoms with Crippen molar-refractivity contribution in [3.05, 3.63) is 35.9 Å². The third-order valence-electron chi connectivity index (χ3n) is 3.35. The molecule has 0 aromatic heterocycles. The summed E-state index contributed by atoms with van der Waals surface area (Å²) < 4.78 is 5.55. The minimum Gasteiger partial charge on any atom is -0.379 e. The van der Waals surface area contributed by atoms with Crippen molar-refractivity contribution in [2.75, 3.05) is 19.8 Å². The van der Waals surface area contributed by atoms with E-state index in [0.717, 1.165) is 13.0 Å². The maximum Gasteiger partial charge on any atom is 0.373 e. The average molecular weight is 294 g/mol. The lowest BCUT2D eigenvalue weighted by Gasteiger charge is -2.14. The van der Waals surface area contributed by atoms with Crippen LogP contribution in [0.2, 0.25) is 0 Å². The molecule has 0 aliphatic carbocycles. The van der Waals surface area contributed by atoms with E-state index in [9.17, 15) is 4.79 Å². The second-order valence-corrected chi connectivity index (χ2v) is 5.05. The van der Waals surface area contributed by atoms with Crippen LogP contribution < -0.4 is 0 Å². The van der Waals surface area contributed by atoms with E-state index in [4.69, 9.17) is 14.5 Å². The lowest BCUT2D eigenvalue weighted by atomic mass is 10.0. The molecule has 0 saturated carbocycles. The number of hydrogen-bond donors (Lipinski definition) is 0. The van der Waals surface area contributed by atoms with Crippen molar-refractivity contribution >= 4 is 5.97 Å². The molecule has 0 bridgehead atoms. The van der Waals surface area contributed by atoms with Crippen LogP contribution in [0.4, 0.5) is 0 Å². The SMILES string of the molecule is CCCCC(CC)COCCOOC(=O)c1ccccc1. The van der Waals surface area contributed by atoms with Gasteiger partial charge in [-0.2, -0.15) is 4.89 Å². The van der Waals surface area contributed by atoms with Crippen molar-refractivity contribution in [1.29, 1.82) is 0 Å². The van der Waals surface area contributed by atoms with Gasteiger partial charge in [-0.05, 0) is 24.5 Å². The first-order chi connectivity index (χ1) is 10.3. The van der Waals surface area contributed by atoms with Gasteiger partial charge in [-0.15, -0.1) is 0 Å². The van der Waals surface area contributed by atoms with Crippen molar-refractivity contribution in [1.82, 2.24) is 0 Å². The summed E-state index contributed by atoms with van der Waals surface area (Å²) in [7, 11) is 0. The quantitative estimate of drug-likeness (QED) is 0.351. The van der Waals surface area contributed by atoms with Gasteiger partial charge in [-0.25, -0.2) is 4.79 Å². The van der Waals surface area contributed by atoms with Crippen LogP contribution in [0, 0.1) is 5.92 Å². The Morgan fingerprint density at radius 3 is 2.57 bits per heavy atom. The van der Waals surface area contributed by atoms with Gasteiger partial charge in [0.15, 0.2) is 0 Å². The van der Waals surface area contributed by atoms with Crippen LogP contribution in [0.25, 0.3) is 0 Å². The Morgan fingerprint density at radius 1 is 1.14 bits per heavy atom. The fraction of sp³-hybridized carbons (Fsp3) is 0.588. The van der Waals surface area contributed by atoms with Gasteiger partial charge in [0, 0.05) is 6.61 Å². The summed E-state index contributed by atoms with van der Waals surface area (Å²) in [6.07, 6.45) is 4.79. The highest BCUT2D eigenvalue weighted by molar-refractivity contribution is 5.88. The zero-order valence-electron chi connectivity index (χ0n) is 13.0. The summed E-state index contributed by atoms with van der Waals surface area (Å²) in [6.45, 7) is 5.81. The number of ether oxygens (including phenoxy) is 1. The van der Waals surface area contributed by atoms with Crippen molar-refractivity contribution in [3.63, 3.8) is 0 Å². The van der Waals surface area contributed by atoms with Crippen molar-refractivity contribution in [2.24, 2.45) is 5.92 Å². The molecule has 0 spiro atoms. The number of hydrogen-bond acceptors (Lipinski definition) is 4. The predicted octanol–water partition coefficient (Wildman–Crippen LogP) is 4.01. The summed E-state index contributed by atoms with van der Waals surface area (Å²) in [5, 5.41) is 0. The number of carbonyl (C=O) groups excluding carboxylic acids is 1. The van der Waals surface area contributed by atoms with E-state index in [1.165, 1.54) is 19.3 Å². The Bertz CT molecular complexity index is 378. The van der Waals surface area contributed by atoms with Gasteiger partial charge >= 0.3 is 5.97 Å². The van der Waals surface area contributed by atoms with Gasteiger partial charge in [0.25, 0.3) is 0 Å². The third-order valence-corrected chi connectivity index (χ3v) is 3.35. The van der Waals surface area contributed by atoms with Crippen molar-refractivity contribution in [2.45, 2.75) is 39.5 Å². The Hall–Kier alpha value is -1.39. The zero-order valence-corrected chi connectivity index (χ0v) is 13.0. The van der Waals surface area contributed by atoms with Gasteiger partial charge in [0.2, 0.25) is 0 Å². The molecule has 0 radical (unpaired) electrons. The monoisotopic (exact) mass is 294 g/mol. The predicted molar refractivity (Wildman–Crippen MR) is 81.9 cm³/mol. The van der Waals surface area contributed by atoms with Gasteiger partial charge < -0.3 is 4.74 Å². The number of benzene rings is 1. The average Bonchev–Trinajstić information content (AvgIpc) is 2.54. The Balaban J connectivity index is 2.05. The van der Waals surface area contributed by atoms with Gasteiger partial charge in [0.1, 0.15) is 6.61 Å². The highest BCUT2D eigenvalue weighted by atomic mass is 17.2. The molecule has 0 saturated heterocycles. The van der Waals surface area contributed by atoms with Gasteiger partial charge in [0.05, 0.1) is 12.2 Å². The maximum absolute atomic E-state index is 11.6. The molecule has 0 fully saturated rings. The summed E-state index contributed by atoms with van der Waals surface area (Å²) in [6, 6.07) is 8.76. The van der Waals surface area contributed by atoms with E-state index < -0.39 is 5.97 Å². The molecule has 4 nitrogen and oxygen atoms in total. The molecular weight excluding hydrogens is 268 g/mol. The summed E-state index contributed by atoms with van der Waals surface area (Å²) in [5.41, 5.74) is 0.476. The number of rotatable bonds is 11. The molecule has 1 unspecified atom stereocenters. The van der Waals surface area contributed by atoms with Crippen molar-refractivity contribution in [3.8, 4) is 0 Å². The fourth-order valence-corrected chi connectivity index (χ4v) is 1.96. The molecule has 0 aliphatic heterocycles. The number of unbranched alkanes of at least 4 members (excludes halogenated alkanes) is 1. The summed E-state index contributed by atoms with van der Waals surface area (Å²) in [5.74, 6) is 0.127. The molecule has 1 aromatic rings. The molecular formula is C17H26O4. The van der Waals surface area contributed by atoms with Gasteiger partial charge in [-0.3, -0.25) is 4.89 Å². The normalized spacial score (nSPS) is 12.1. The van der Waals surface area contributed by atoms with Gasteiger partial charge in [-0.1, -0.05) is 51.3 Å². The lowest BCUT2D eigenvalue weighted by Crippen LogP contribution is -2.14. The Labute approximate surface area is 127 Å². The molecule has 21 heavy (non-hydrogen) atoms. The summed E-state index contributed by atoms with van der Waals surface area (Å²) in [4.78, 5) is 21.1. The van der Waals surface area contributed by atoms with Crippen LogP contribution >= 0.6 is 0 Å². The van der Waals surface area contributed by atoms with Crippen LogP contribution in [-0.4, -0.2) is 25.8 Å². The zero-order chi connectivity index (χ0) is 15.3. The highest BCUT2D eigenvalue weighted by Gasteiger charge is 2.08. The molecule has 1 aromatic carbocycles. The molecule has 1 rings (SSSR count). The first-order valence-electron chi connectivity index (χ1n) is 7.74. The van der Waals surface area contributed by atoms with E-state index in [1.807, 2.05) is 6.07 Å². The molecule has 118 valence electrons. The highest BCUT2D eigenvalue weighted by Crippen LogP contribution is 2.12. The topological polar surface area (TPSA) is 44.8 Å². The molecule has 0 amide bonds. The molecule has 0 aliphatic rings. The van der Waals surface area contributed by atoms with E-state index >= 15 is 0 Å². The fourth-order valence-electron chi connectivity index (χ4n) is 1.96. The van der Waals surface area contributed by atoms with Crippen LogP contribution in [0.5, 0.6) is 0 Å². The maximum atomic E-state index is 11.6. The standard InChI is InChI=1S/C17H26O4/c1-3-5-9-15(4-2)14-19-12-13-20-21-17(18)16-10-7-6-8-11-16/h6-8,10-11,15H,3-5,9,12-14H2,1-2H3. The van der Waals surface area contributed by atoms with Crippen LogP contribution in [-0.2, 0) is 14.5 Å². The first-order valence-corrected chi connectivity index (χ1v) is 7.74. The van der Waals surface area contributed by atoms with Crippen LogP contribution in [0.1, 0.15) is 49.9 Å². The van der Waals surface area contributed by atoms with Crippen LogP contribution in [0.15, 0.2) is 30.3 Å². The van der Waals surface area contributed by atoms with E-state index in [2.05, 4.69) is 13.8 Å². The smallest absolute Gasteiger partial charge is 0.373 e. The molecule has 0 heterocycles. The largest absolute Gasteiger partial charge is 0.379 e. The van der Waals surface area contributed by atoms with E-state index in [-0.39, 0.29) is 6.61 Å². The third kappa shape index (κ3) is 7.83. The minimum absolute atomic E-state index is 0.253. The second kappa shape index (κ2) is 11.3. The van der Waals surface area contributed by atoms with E-state index in [1.54, 1.807) is 24.3 Å². The first kappa shape index (κ1) is 17.7. The molecule has 4 heteroatoms. The minimum atomic E-state index is -0.481. The molecule has 0 N–H and O–H groups in total. The van der Waals surface area contributed by atoms with Crippen molar-refractivity contribution < 1.29 is 19.3 Å². The molecule has 1 atom stereocenters.